The number of aromatic amines is 2. The van der Waals surface area contributed by atoms with Crippen LogP contribution in [0.5, 0.6) is 0 Å². The maximum absolute atomic E-state index is 9.32. The molecule has 5 rings (SSSR count). The number of H-pyrrole nitrogens is 2. The summed E-state index contributed by atoms with van der Waals surface area (Å²) in [5, 5.41) is 19.2. The molecule has 5 nitrogen and oxygen atoms in total. The molecule has 3 N–H and O–H groups in total. The third-order valence-electron chi connectivity index (χ3n) is 5.60. The molecular formula is C22H24N4O. The van der Waals surface area contributed by atoms with Gasteiger partial charge in [-0.1, -0.05) is 24.6 Å². The quantitative estimate of drug-likeness (QED) is 0.511. The van der Waals surface area contributed by atoms with Gasteiger partial charge in [0.05, 0.1) is 17.8 Å². The highest BCUT2D eigenvalue weighted by Crippen LogP contribution is 2.30. The van der Waals surface area contributed by atoms with E-state index < -0.39 is 0 Å². The number of fused-ring (bicyclic) bond motifs is 2. The van der Waals surface area contributed by atoms with Gasteiger partial charge in [-0.3, -0.25) is 10.00 Å². The van der Waals surface area contributed by atoms with Crippen LogP contribution in [0.15, 0.2) is 42.5 Å². The van der Waals surface area contributed by atoms with Gasteiger partial charge in [-0.15, -0.1) is 0 Å². The van der Waals surface area contributed by atoms with Crippen LogP contribution in [0.1, 0.15) is 30.4 Å². The fourth-order valence-electron chi connectivity index (χ4n) is 4.15. The Morgan fingerprint density at radius 1 is 0.926 bits per heavy atom. The van der Waals surface area contributed by atoms with Crippen LogP contribution in [0.25, 0.3) is 33.2 Å². The van der Waals surface area contributed by atoms with Crippen molar-refractivity contribution in [1.29, 1.82) is 0 Å². The topological polar surface area (TPSA) is 67.9 Å². The van der Waals surface area contributed by atoms with Gasteiger partial charge in [-0.25, -0.2) is 0 Å². The van der Waals surface area contributed by atoms with Gasteiger partial charge in [0.25, 0.3) is 0 Å². The summed E-state index contributed by atoms with van der Waals surface area (Å²) in [6, 6.07) is 14.8. The van der Waals surface area contributed by atoms with Crippen molar-refractivity contribution >= 4 is 21.8 Å². The molecule has 0 atom stereocenters. The minimum Gasteiger partial charge on any atom is -0.392 e. The van der Waals surface area contributed by atoms with Gasteiger partial charge in [0.1, 0.15) is 5.69 Å². The lowest BCUT2D eigenvalue weighted by atomic mass is 10.1. The van der Waals surface area contributed by atoms with E-state index in [0.29, 0.717) is 0 Å². The normalized spacial score (nSPS) is 15.7. The zero-order chi connectivity index (χ0) is 18.2. The van der Waals surface area contributed by atoms with Crippen molar-refractivity contribution in [2.45, 2.75) is 32.4 Å². The van der Waals surface area contributed by atoms with E-state index in [1.54, 1.807) is 0 Å². The number of nitrogens with zero attached hydrogens (tertiary/aromatic N) is 2. The minimum absolute atomic E-state index is 0.0382. The Morgan fingerprint density at radius 2 is 1.78 bits per heavy atom. The van der Waals surface area contributed by atoms with Gasteiger partial charge >= 0.3 is 0 Å². The van der Waals surface area contributed by atoms with Crippen LogP contribution in [0, 0.1) is 0 Å². The summed E-state index contributed by atoms with van der Waals surface area (Å²) in [5.74, 6) is 0. The van der Waals surface area contributed by atoms with E-state index in [2.05, 4.69) is 44.3 Å². The lowest BCUT2D eigenvalue weighted by molar-refractivity contribution is 0.221. The van der Waals surface area contributed by atoms with Crippen LogP contribution in [0.2, 0.25) is 0 Å². The van der Waals surface area contributed by atoms with Crippen molar-refractivity contribution < 1.29 is 5.11 Å². The zero-order valence-electron chi connectivity index (χ0n) is 15.3. The lowest BCUT2D eigenvalue weighted by Crippen LogP contribution is -2.28. The molecular weight excluding hydrogens is 336 g/mol. The summed E-state index contributed by atoms with van der Waals surface area (Å²) in [7, 11) is 0. The highest BCUT2D eigenvalue weighted by Gasteiger charge is 2.13. The van der Waals surface area contributed by atoms with Gasteiger partial charge in [-0.2, -0.15) is 5.10 Å². The monoisotopic (exact) mass is 360 g/mol. The number of nitrogens with one attached hydrogen (secondary N) is 2. The molecule has 0 radical (unpaired) electrons. The summed E-state index contributed by atoms with van der Waals surface area (Å²) in [6.07, 6.45) is 4.01. The molecule has 4 aromatic rings. The van der Waals surface area contributed by atoms with Crippen LogP contribution < -0.4 is 0 Å². The Kier molecular flexibility index (Phi) is 4.19. The number of rotatable bonds is 4. The molecule has 0 aliphatic carbocycles. The summed E-state index contributed by atoms with van der Waals surface area (Å²) in [5.41, 5.74) is 6.27. The molecule has 1 aliphatic rings. The second-order valence-corrected chi connectivity index (χ2v) is 7.55. The molecule has 5 heteroatoms. The molecule has 1 saturated heterocycles. The average molecular weight is 360 g/mol. The molecule has 0 saturated carbocycles. The van der Waals surface area contributed by atoms with Crippen molar-refractivity contribution in [2.24, 2.45) is 0 Å². The molecule has 138 valence electrons. The first-order valence-electron chi connectivity index (χ1n) is 9.72. The Balaban J connectivity index is 1.47. The SMILES string of the molecule is OCc1ccc2c(-c3cc4cc(CN5CCCCC5)ccc4[nH]3)n[nH]c2c1. The average Bonchev–Trinajstić information content (AvgIpc) is 3.31. The van der Waals surface area contributed by atoms with Crippen molar-refractivity contribution in [1.82, 2.24) is 20.1 Å². The Hall–Kier alpha value is -2.63. The standard InChI is InChI=1S/C22H24N4O/c27-14-16-4-6-18-20(11-16)24-25-22(18)21-12-17-10-15(5-7-19(17)23-21)13-26-8-2-1-3-9-26/h4-7,10-12,23,27H,1-3,8-9,13-14H2,(H,24,25). The molecule has 2 aromatic heterocycles. The third kappa shape index (κ3) is 3.13. The van der Waals surface area contributed by atoms with Crippen molar-refractivity contribution in [3.05, 3.63) is 53.6 Å². The third-order valence-corrected chi connectivity index (χ3v) is 5.60. The highest BCUT2D eigenvalue weighted by atomic mass is 16.3. The molecule has 0 bridgehead atoms. The lowest BCUT2D eigenvalue weighted by Gasteiger charge is -2.26. The number of piperidine rings is 1. The summed E-state index contributed by atoms with van der Waals surface area (Å²) < 4.78 is 0. The van der Waals surface area contributed by atoms with Gasteiger partial charge in [0, 0.05) is 22.8 Å². The Labute approximate surface area is 158 Å². The molecule has 0 unspecified atom stereocenters. The van der Waals surface area contributed by atoms with Crippen molar-refractivity contribution in [2.75, 3.05) is 13.1 Å². The van der Waals surface area contributed by atoms with E-state index in [1.807, 2.05) is 18.2 Å². The number of aliphatic hydroxyl groups is 1. The first-order valence-corrected chi connectivity index (χ1v) is 9.72. The first-order chi connectivity index (χ1) is 13.3. The molecule has 1 fully saturated rings. The van der Waals surface area contributed by atoms with Gasteiger partial charge in [0.15, 0.2) is 0 Å². The number of aromatic nitrogens is 3. The van der Waals surface area contributed by atoms with E-state index in [0.717, 1.165) is 39.9 Å². The number of likely N-dealkylation sites (tertiary alicyclic amines) is 1. The van der Waals surface area contributed by atoms with Gasteiger partial charge in [-0.05, 0) is 61.3 Å². The fraction of sp³-hybridized carbons (Fsp3) is 0.318. The van der Waals surface area contributed by atoms with Crippen molar-refractivity contribution in [3.8, 4) is 11.4 Å². The summed E-state index contributed by atoms with van der Waals surface area (Å²) >= 11 is 0. The molecule has 3 heterocycles. The smallest absolute Gasteiger partial charge is 0.116 e. The largest absolute Gasteiger partial charge is 0.392 e. The van der Waals surface area contributed by atoms with Crippen LogP contribution in [-0.2, 0) is 13.2 Å². The van der Waals surface area contributed by atoms with Crippen LogP contribution in [-0.4, -0.2) is 38.3 Å². The van der Waals surface area contributed by atoms with E-state index in [9.17, 15) is 5.11 Å². The van der Waals surface area contributed by atoms with E-state index in [4.69, 9.17) is 0 Å². The second kappa shape index (κ2) is 6.83. The molecule has 27 heavy (non-hydrogen) atoms. The Bertz CT molecular complexity index is 1090. The summed E-state index contributed by atoms with van der Waals surface area (Å²) in [4.78, 5) is 6.06. The maximum Gasteiger partial charge on any atom is 0.116 e. The molecule has 0 spiro atoms. The number of benzene rings is 2. The molecule has 2 aromatic carbocycles. The van der Waals surface area contributed by atoms with Crippen LogP contribution in [0.4, 0.5) is 0 Å². The van der Waals surface area contributed by atoms with Gasteiger partial charge in [0.2, 0.25) is 0 Å². The number of hydrogen-bond donors (Lipinski definition) is 3. The van der Waals surface area contributed by atoms with Gasteiger partial charge < -0.3 is 10.1 Å². The molecule has 0 amide bonds. The predicted octanol–water partition coefficient (Wildman–Crippen LogP) is 4.19. The number of hydrogen-bond acceptors (Lipinski definition) is 3. The first kappa shape index (κ1) is 16.5. The maximum atomic E-state index is 9.32. The minimum atomic E-state index is 0.0382. The Morgan fingerprint density at radius 3 is 2.63 bits per heavy atom. The number of aliphatic hydroxyl groups excluding tert-OH is 1. The highest BCUT2D eigenvalue weighted by molar-refractivity contribution is 5.96. The summed E-state index contributed by atoms with van der Waals surface area (Å²) in [6.45, 7) is 3.50. The van der Waals surface area contributed by atoms with E-state index >= 15 is 0 Å². The second-order valence-electron chi connectivity index (χ2n) is 7.55. The zero-order valence-corrected chi connectivity index (χ0v) is 15.3. The van der Waals surface area contributed by atoms with Crippen molar-refractivity contribution in [3.63, 3.8) is 0 Å². The van der Waals surface area contributed by atoms with Crippen LogP contribution >= 0.6 is 0 Å². The van der Waals surface area contributed by atoms with E-state index in [-0.39, 0.29) is 6.61 Å². The fourth-order valence-corrected chi connectivity index (χ4v) is 4.15. The van der Waals surface area contributed by atoms with E-state index in [1.165, 1.54) is 43.3 Å². The molecule has 1 aliphatic heterocycles. The van der Waals surface area contributed by atoms with Crippen LogP contribution in [0.3, 0.4) is 0 Å². The predicted molar refractivity (Wildman–Crippen MR) is 108 cm³/mol.